The number of hydrogen-bond acceptors (Lipinski definition) is 4. The van der Waals surface area contributed by atoms with Crippen LogP contribution < -0.4 is 14.8 Å². The summed E-state index contributed by atoms with van der Waals surface area (Å²) in [5.41, 5.74) is 2.99. The van der Waals surface area contributed by atoms with Gasteiger partial charge in [0.2, 0.25) is 0 Å². The van der Waals surface area contributed by atoms with E-state index >= 15 is 0 Å². The lowest BCUT2D eigenvalue weighted by Crippen LogP contribution is -2.14. The summed E-state index contributed by atoms with van der Waals surface area (Å²) in [6, 6.07) is 18.8. The number of benzene rings is 3. The van der Waals surface area contributed by atoms with Crippen LogP contribution in [0.25, 0.3) is 6.08 Å². The van der Waals surface area contributed by atoms with Crippen molar-refractivity contribution < 1.29 is 18.7 Å². The molecule has 0 aromatic heterocycles. The number of anilines is 1. The van der Waals surface area contributed by atoms with Gasteiger partial charge in [-0.05, 0) is 75.4 Å². The van der Waals surface area contributed by atoms with E-state index in [4.69, 9.17) is 9.47 Å². The molecule has 168 valence electrons. The van der Waals surface area contributed by atoms with Crippen LogP contribution >= 0.6 is 15.9 Å². The van der Waals surface area contributed by atoms with E-state index in [1.165, 1.54) is 25.3 Å². The highest BCUT2D eigenvalue weighted by atomic mass is 79.9. The highest BCUT2D eigenvalue weighted by Gasteiger charge is 2.15. The van der Waals surface area contributed by atoms with Gasteiger partial charge in [-0.25, -0.2) is 4.39 Å². The Morgan fingerprint density at radius 3 is 2.58 bits per heavy atom. The summed E-state index contributed by atoms with van der Waals surface area (Å²) in [7, 11) is 1.50. The van der Waals surface area contributed by atoms with E-state index in [9.17, 15) is 14.4 Å². The average Bonchev–Trinajstić information content (AvgIpc) is 2.82. The smallest absolute Gasteiger partial charge is 0.266 e. The van der Waals surface area contributed by atoms with Crippen molar-refractivity contribution in [2.75, 3.05) is 12.4 Å². The predicted molar refractivity (Wildman–Crippen MR) is 129 cm³/mol. The monoisotopic (exact) mass is 508 g/mol. The Kier molecular flexibility index (Phi) is 8.22. The van der Waals surface area contributed by atoms with Crippen molar-refractivity contribution in [1.29, 1.82) is 5.26 Å². The van der Waals surface area contributed by atoms with E-state index in [1.807, 2.05) is 31.2 Å². The van der Waals surface area contributed by atoms with Crippen molar-refractivity contribution in [2.45, 2.75) is 20.0 Å². The van der Waals surface area contributed by atoms with Crippen LogP contribution in [0.4, 0.5) is 10.1 Å². The number of nitriles is 1. The van der Waals surface area contributed by atoms with Crippen molar-refractivity contribution >= 4 is 33.6 Å². The summed E-state index contributed by atoms with van der Waals surface area (Å²) in [5, 5.41) is 12.4. The first-order chi connectivity index (χ1) is 15.9. The molecule has 7 heteroatoms. The Balaban J connectivity index is 1.82. The lowest BCUT2D eigenvalue weighted by molar-refractivity contribution is -0.112. The number of amides is 1. The second-order valence-corrected chi connectivity index (χ2v) is 7.94. The summed E-state index contributed by atoms with van der Waals surface area (Å²) < 4.78 is 25.0. The molecule has 0 fully saturated rings. The van der Waals surface area contributed by atoms with Crippen molar-refractivity contribution in [2.24, 2.45) is 0 Å². The van der Waals surface area contributed by atoms with Crippen LogP contribution in [0.2, 0.25) is 0 Å². The highest BCUT2D eigenvalue weighted by Crippen LogP contribution is 2.38. The zero-order valence-corrected chi connectivity index (χ0v) is 19.8. The van der Waals surface area contributed by atoms with E-state index in [2.05, 4.69) is 21.2 Å². The van der Waals surface area contributed by atoms with Gasteiger partial charge in [0.1, 0.15) is 24.1 Å². The molecule has 1 N–H and O–H groups in total. The SMILES string of the molecule is CCc1ccccc1NC(=O)/C(C#N)=C/c1cc(Br)c(OCc2ccc(F)cc2)c(OC)c1. The van der Waals surface area contributed by atoms with Gasteiger partial charge in [0, 0.05) is 5.69 Å². The van der Waals surface area contributed by atoms with Gasteiger partial charge in [-0.15, -0.1) is 0 Å². The number of halogens is 2. The van der Waals surface area contributed by atoms with E-state index < -0.39 is 5.91 Å². The number of ether oxygens (including phenoxy) is 2. The molecule has 0 unspecified atom stereocenters. The normalized spacial score (nSPS) is 10.9. The van der Waals surface area contributed by atoms with Gasteiger partial charge in [-0.2, -0.15) is 5.26 Å². The lowest BCUT2D eigenvalue weighted by atomic mass is 10.1. The first-order valence-corrected chi connectivity index (χ1v) is 11.0. The van der Waals surface area contributed by atoms with Crippen LogP contribution in [0, 0.1) is 17.1 Å². The first-order valence-electron chi connectivity index (χ1n) is 10.2. The number of rotatable bonds is 8. The molecule has 3 aromatic carbocycles. The van der Waals surface area contributed by atoms with Gasteiger partial charge in [-0.3, -0.25) is 4.79 Å². The topological polar surface area (TPSA) is 71.4 Å². The van der Waals surface area contributed by atoms with Gasteiger partial charge in [0.05, 0.1) is 11.6 Å². The molecule has 0 radical (unpaired) electrons. The van der Waals surface area contributed by atoms with Crippen LogP contribution in [0.5, 0.6) is 11.5 Å². The summed E-state index contributed by atoms with van der Waals surface area (Å²) in [6.07, 6.45) is 2.24. The molecule has 3 rings (SSSR count). The molecular weight excluding hydrogens is 487 g/mol. The van der Waals surface area contributed by atoms with Gasteiger partial charge >= 0.3 is 0 Å². The molecule has 3 aromatic rings. The fourth-order valence-corrected chi connectivity index (χ4v) is 3.73. The first kappa shape index (κ1) is 24.0. The summed E-state index contributed by atoms with van der Waals surface area (Å²) >= 11 is 3.47. The summed E-state index contributed by atoms with van der Waals surface area (Å²) in [5.74, 6) is 0.0693. The Morgan fingerprint density at radius 2 is 1.91 bits per heavy atom. The lowest BCUT2D eigenvalue weighted by Gasteiger charge is -2.14. The maximum Gasteiger partial charge on any atom is 0.266 e. The zero-order valence-electron chi connectivity index (χ0n) is 18.2. The fourth-order valence-electron chi connectivity index (χ4n) is 3.15. The summed E-state index contributed by atoms with van der Waals surface area (Å²) in [6.45, 7) is 2.21. The standard InChI is InChI=1S/C26H22BrFN2O3/c1-3-19-6-4-5-7-23(19)30-26(31)20(15-29)12-18-13-22(27)25(24(14-18)32-2)33-16-17-8-10-21(28)11-9-17/h4-14H,3,16H2,1-2H3,(H,30,31)/b20-12+. The fraction of sp³-hybridized carbons (Fsp3) is 0.154. The average molecular weight is 509 g/mol. The second-order valence-electron chi connectivity index (χ2n) is 7.08. The maximum absolute atomic E-state index is 13.1. The van der Waals surface area contributed by atoms with Crippen LogP contribution in [0.1, 0.15) is 23.6 Å². The molecule has 33 heavy (non-hydrogen) atoms. The molecule has 0 saturated carbocycles. The van der Waals surface area contributed by atoms with Crippen LogP contribution in [0.15, 0.2) is 70.7 Å². The number of nitrogens with one attached hydrogen (secondary N) is 1. The second kappa shape index (κ2) is 11.3. The third-order valence-corrected chi connectivity index (χ3v) is 5.46. The van der Waals surface area contributed by atoms with Crippen LogP contribution in [-0.4, -0.2) is 13.0 Å². The highest BCUT2D eigenvalue weighted by molar-refractivity contribution is 9.10. The van der Waals surface area contributed by atoms with Gasteiger partial charge in [0.25, 0.3) is 5.91 Å². The van der Waals surface area contributed by atoms with Gasteiger partial charge < -0.3 is 14.8 Å². The van der Waals surface area contributed by atoms with E-state index in [0.717, 1.165) is 17.5 Å². The maximum atomic E-state index is 13.1. The minimum absolute atomic E-state index is 0.0464. The molecule has 0 saturated heterocycles. The van der Waals surface area contributed by atoms with Crippen molar-refractivity contribution in [3.05, 3.63) is 93.2 Å². The number of para-hydroxylation sites is 1. The van der Waals surface area contributed by atoms with Crippen molar-refractivity contribution in [3.63, 3.8) is 0 Å². The molecule has 0 heterocycles. The number of carbonyl (C=O) groups excluding carboxylic acids is 1. The minimum Gasteiger partial charge on any atom is -0.493 e. The Bertz CT molecular complexity index is 1220. The number of carbonyl (C=O) groups is 1. The minimum atomic E-state index is -0.495. The van der Waals surface area contributed by atoms with Crippen LogP contribution in [-0.2, 0) is 17.8 Å². The van der Waals surface area contributed by atoms with Crippen molar-refractivity contribution in [3.8, 4) is 17.6 Å². The third-order valence-electron chi connectivity index (χ3n) is 4.87. The Morgan fingerprint density at radius 1 is 1.18 bits per heavy atom. The number of nitrogens with zero attached hydrogens (tertiary/aromatic N) is 1. The quantitative estimate of drug-likeness (QED) is 0.287. The Hall–Kier alpha value is -3.63. The van der Waals surface area contributed by atoms with E-state index in [1.54, 1.807) is 30.3 Å². The van der Waals surface area contributed by atoms with Crippen molar-refractivity contribution in [1.82, 2.24) is 0 Å². The van der Waals surface area contributed by atoms with Gasteiger partial charge in [-0.1, -0.05) is 37.3 Å². The number of hydrogen-bond donors (Lipinski definition) is 1. The molecule has 0 spiro atoms. The molecule has 0 bridgehead atoms. The van der Waals surface area contributed by atoms with Crippen LogP contribution in [0.3, 0.4) is 0 Å². The van der Waals surface area contributed by atoms with E-state index in [-0.39, 0.29) is 18.0 Å². The zero-order chi connectivity index (χ0) is 23.8. The molecule has 0 atom stereocenters. The van der Waals surface area contributed by atoms with E-state index in [0.29, 0.717) is 27.2 Å². The molecule has 5 nitrogen and oxygen atoms in total. The molecule has 1 amide bonds. The molecule has 0 aliphatic carbocycles. The number of methoxy groups -OCH3 is 1. The summed E-state index contributed by atoms with van der Waals surface area (Å²) in [4.78, 5) is 12.7. The third kappa shape index (κ3) is 6.21. The predicted octanol–water partition coefficient (Wildman–Crippen LogP) is 6.28. The molecule has 0 aliphatic heterocycles. The van der Waals surface area contributed by atoms with Gasteiger partial charge in [0.15, 0.2) is 11.5 Å². The number of aryl methyl sites for hydroxylation is 1. The Labute approximate surface area is 200 Å². The largest absolute Gasteiger partial charge is 0.493 e. The molecular formula is C26H22BrFN2O3. The molecule has 0 aliphatic rings.